The van der Waals surface area contributed by atoms with Crippen LogP contribution in [0.1, 0.15) is 19.8 Å². The molecule has 1 amide bonds. The predicted octanol–water partition coefficient (Wildman–Crippen LogP) is 1.32. The number of aromatic amines is 1. The van der Waals surface area contributed by atoms with Crippen molar-refractivity contribution in [2.75, 3.05) is 5.32 Å². The fraction of sp³-hybridized carbons (Fsp3) is 0.333. The van der Waals surface area contributed by atoms with Gasteiger partial charge in [0.2, 0.25) is 5.91 Å². The molecule has 0 unspecified atom stereocenters. The van der Waals surface area contributed by atoms with Gasteiger partial charge in [-0.2, -0.15) is 0 Å². The largest absolute Gasteiger partial charge is 0.366 e. The van der Waals surface area contributed by atoms with Gasteiger partial charge in [-0.15, -0.1) is 0 Å². The van der Waals surface area contributed by atoms with Gasteiger partial charge in [0.1, 0.15) is 5.78 Å². The lowest BCUT2D eigenvalue weighted by atomic mass is 10.2. The Bertz CT molecular complexity index is 291. The smallest absolute Gasteiger partial charge is 0.224 e. The number of hydrogen-bond acceptors (Lipinski definition) is 2. The van der Waals surface area contributed by atoms with Crippen LogP contribution in [0.4, 0.5) is 5.69 Å². The number of hydrogen-bond donors (Lipinski definition) is 2. The van der Waals surface area contributed by atoms with Crippen LogP contribution in [-0.2, 0) is 9.59 Å². The van der Waals surface area contributed by atoms with E-state index in [0.717, 1.165) is 5.69 Å². The molecule has 0 fully saturated rings. The lowest BCUT2D eigenvalue weighted by Crippen LogP contribution is -2.11. The number of nitrogens with one attached hydrogen (secondary N) is 2. The van der Waals surface area contributed by atoms with Crippen molar-refractivity contribution in [3.63, 3.8) is 0 Å². The number of Topliss-reactive ketones (excluding diaryl/α,β-unsaturated/α-hetero) is 1. The molecule has 70 valence electrons. The molecule has 4 nitrogen and oxygen atoms in total. The van der Waals surface area contributed by atoms with Crippen LogP contribution < -0.4 is 5.32 Å². The Labute approximate surface area is 76.3 Å². The molecule has 0 aromatic carbocycles. The molecule has 2 N–H and O–H groups in total. The first-order valence-corrected chi connectivity index (χ1v) is 4.10. The maximum absolute atomic E-state index is 11.1. The molecule has 0 saturated heterocycles. The first-order chi connectivity index (χ1) is 6.18. The zero-order valence-corrected chi connectivity index (χ0v) is 7.46. The summed E-state index contributed by atoms with van der Waals surface area (Å²) in [5.74, 6) is -0.0981. The second-order valence-corrected chi connectivity index (χ2v) is 2.85. The highest BCUT2D eigenvalue weighted by molar-refractivity contribution is 5.93. The third kappa shape index (κ3) is 3.55. The summed E-state index contributed by atoms with van der Waals surface area (Å²) in [6, 6.07) is 1.76. The molecular weight excluding hydrogens is 168 g/mol. The van der Waals surface area contributed by atoms with Crippen LogP contribution in [0.5, 0.6) is 0 Å². The van der Waals surface area contributed by atoms with Gasteiger partial charge in [0.25, 0.3) is 0 Å². The van der Waals surface area contributed by atoms with Gasteiger partial charge in [-0.05, 0) is 13.0 Å². The summed E-state index contributed by atoms with van der Waals surface area (Å²) in [7, 11) is 0. The Kier molecular flexibility index (Phi) is 3.25. The molecule has 0 bridgehead atoms. The third-order valence-electron chi connectivity index (χ3n) is 1.59. The Morgan fingerprint density at radius 2 is 2.23 bits per heavy atom. The molecule has 0 atom stereocenters. The summed E-state index contributed by atoms with van der Waals surface area (Å²) >= 11 is 0. The van der Waals surface area contributed by atoms with Crippen LogP contribution in [0.3, 0.4) is 0 Å². The van der Waals surface area contributed by atoms with Crippen molar-refractivity contribution in [3.8, 4) is 0 Å². The van der Waals surface area contributed by atoms with Gasteiger partial charge in [-0.25, -0.2) is 0 Å². The highest BCUT2D eigenvalue weighted by atomic mass is 16.2. The minimum absolute atomic E-state index is 0.0317. The molecule has 0 aliphatic heterocycles. The number of carbonyl (C=O) groups excluding carboxylic acids is 2. The van der Waals surface area contributed by atoms with Gasteiger partial charge in [0, 0.05) is 25.2 Å². The topological polar surface area (TPSA) is 62.0 Å². The summed E-state index contributed by atoms with van der Waals surface area (Å²) in [6.45, 7) is 1.48. The molecule has 0 spiro atoms. The quantitative estimate of drug-likeness (QED) is 0.734. The first-order valence-electron chi connectivity index (χ1n) is 4.10. The van der Waals surface area contributed by atoms with Crippen molar-refractivity contribution in [1.29, 1.82) is 0 Å². The van der Waals surface area contributed by atoms with E-state index in [4.69, 9.17) is 0 Å². The van der Waals surface area contributed by atoms with Crippen molar-refractivity contribution >= 4 is 17.4 Å². The SMILES string of the molecule is CC(=O)CCC(=O)Nc1cc[nH]c1. The predicted molar refractivity (Wildman–Crippen MR) is 49.3 cm³/mol. The van der Waals surface area contributed by atoms with Gasteiger partial charge in [0.05, 0.1) is 5.69 Å². The molecular formula is C9H12N2O2. The molecule has 1 aromatic heterocycles. The molecule has 4 heteroatoms. The van der Waals surface area contributed by atoms with E-state index in [1.807, 2.05) is 0 Å². The van der Waals surface area contributed by atoms with E-state index in [0.29, 0.717) is 6.42 Å². The standard InChI is InChI=1S/C9H12N2O2/c1-7(12)2-3-9(13)11-8-4-5-10-6-8/h4-6,10H,2-3H2,1H3,(H,11,13). The van der Waals surface area contributed by atoms with E-state index in [-0.39, 0.29) is 18.1 Å². The van der Waals surface area contributed by atoms with Gasteiger partial charge in [-0.3, -0.25) is 4.79 Å². The molecule has 0 aliphatic rings. The van der Waals surface area contributed by atoms with Crippen molar-refractivity contribution in [3.05, 3.63) is 18.5 Å². The van der Waals surface area contributed by atoms with Crippen LogP contribution in [0.15, 0.2) is 18.5 Å². The molecule has 0 radical (unpaired) electrons. The number of H-pyrrole nitrogens is 1. The number of amides is 1. The lowest BCUT2D eigenvalue weighted by Gasteiger charge is -1.99. The molecule has 1 aromatic rings. The molecule has 13 heavy (non-hydrogen) atoms. The molecule has 0 saturated carbocycles. The van der Waals surface area contributed by atoms with Crippen LogP contribution >= 0.6 is 0 Å². The number of aromatic nitrogens is 1. The van der Waals surface area contributed by atoms with E-state index < -0.39 is 0 Å². The van der Waals surface area contributed by atoms with E-state index in [2.05, 4.69) is 10.3 Å². The fourth-order valence-corrected chi connectivity index (χ4v) is 0.915. The Morgan fingerprint density at radius 3 is 2.77 bits per heavy atom. The summed E-state index contributed by atoms with van der Waals surface area (Å²) in [5, 5.41) is 2.65. The zero-order valence-electron chi connectivity index (χ0n) is 7.46. The first kappa shape index (κ1) is 9.51. The average molecular weight is 180 g/mol. The van der Waals surface area contributed by atoms with Crippen molar-refractivity contribution in [1.82, 2.24) is 4.98 Å². The number of ketones is 1. The Hall–Kier alpha value is -1.58. The van der Waals surface area contributed by atoms with Crippen LogP contribution in [0.25, 0.3) is 0 Å². The second-order valence-electron chi connectivity index (χ2n) is 2.85. The minimum atomic E-state index is -0.130. The van der Waals surface area contributed by atoms with Crippen LogP contribution in [0, 0.1) is 0 Å². The van der Waals surface area contributed by atoms with Crippen molar-refractivity contribution in [2.24, 2.45) is 0 Å². The molecule has 1 heterocycles. The van der Waals surface area contributed by atoms with Crippen LogP contribution in [-0.4, -0.2) is 16.7 Å². The van der Waals surface area contributed by atoms with E-state index in [1.54, 1.807) is 18.5 Å². The maximum Gasteiger partial charge on any atom is 0.224 e. The average Bonchev–Trinajstić information content (AvgIpc) is 2.53. The summed E-state index contributed by atoms with van der Waals surface area (Å²) in [4.78, 5) is 24.5. The lowest BCUT2D eigenvalue weighted by molar-refractivity contribution is -0.121. The van der Waals surface area contributed by atoms with Crippen molar-refractivity contribution in [2.45, 2.75) is 19.8 Å². The number of carbonyl (C=O) groups is 2. The summed E-state index contributed by atoms with van der Waals surface area (Å²) in [6.07, 6.45) is 3.96. The molecule has 1 rings (SSSR count). The van der Waals surface area contributed by atoms with E-state index >= 15 is 0 Å². The fourth-order valence-electron chi connectivity index (χ4n) is 0.915. The van der Waals surface area contributed by atoms with E-state index in [9.17, 15) is 9.59 Å². The summed E-state index contributed by atoms with van der Waals surface area (Å²) in [5.41, 5.74) is 0.730. The normalized spacial score (nSPS) is 9.62. The Balaban J connectivity index is 2.30. The summed E-state index contributed by atoms with van der Waals surface area (Å²) < 4.78 is 0. The third-order valence-corrected chi connectivity index (χ3v) is 1.59. The monoisotopic (exact) mass is 180 g/mol. The maximum atomic E-state index is 11.1. The zero-order chi connectivity index (χ0) is 9.68. The number of anilines is 1. The van der Waals surface area contributed by atoms with Gasteiger partial charge >= 0.3 is 0 Å². The highest BCUT2D eigenvalue weighted by Crippen LogP contribution is 2.04. The van der Waals surface area contributed by atoms with Crippen LogP contribution in [0.2, 0.25) is 0 Å². The van der Waals surface area contributed by atoms with Crippen molar-refractivity contribution < 1.29 is 9.59 Å². The van der Waals surface area contributed by atoms with Gasteiger partial charge in [-0.1, -0.05) is 0 Å². The second kappa shape index (κ2) is 4.45. The minimum Gasteiger partial charge on any atom is -0.366 e. The molecule has 0 aliphatic carbocycles. The highest BCUT2D eigenvalue weighted by Gasteiger charge is 2.03. The van der Waals surface area contributed by atoms with Gasteiger partial charge in [0.15, 0.2) is 0 Å². The Morgan fingerprint density at radius 1 is 1.46 bits per heavy atom. The number of rotatable bonds is 4. The van der Waals surface area contributed by atoms with E-state index in [1.165, 1.54) is 6.92 Å². The van der Waals surface area contributed by atoms with Gasteiger partial charge < -0.3 is 15.1 Å².